The average Bonchev–Trinajstić information content (AvgIpc) is 2.86. The fourth-order valence-corrected chi connectivity index (χ4v) is 2.88. The van der Waals surface area contributed by atoms with Crippen LogP contribution in [-0.2, 0) is 20.1 Å². The summed E-state index contributed by atoms with van der Waals surface area (Å²) in [7, 11) is 4.03. The van der Waals surface area contributed by atoms with Gasteiger partial charge in [0.05, 0.1) is 18.8 Å². The second-order valence-electron chi connectivity index (χ2n) is 6.38. The summed E-state index contributed by atoms with van der Waals surface area (Å²) in [4.78, 5) is 6.95. The molecule has 0 aliphatic heterocycles. The Kier molecular flexibility index (Phi) is 7.06. The molecule has 1 N–H and O–H groups in total. The Morgan fingerprint density at radius 2 is 1.92 bits per heavy atom. The molecule has 0 atom stereocenters. The van der Waals surface area contributed by atoms with Crippen LogP contribution < -0.4 is 10.1 Å². The molecule has 0 fully saturated rings. The molecule has 0 aliphatic carbocycles. The molecular weight excluding hydrogens is 326 g/mol. The SMILES string of the molecule is CCNC(=NCc1c(C)nn(C)c1C)N(C)Cc1ccc(OCC)cc1. The highest BCUT2D eigenvalue weighted by atomic mass is 16.5. The molecule has 0 radical (unpaired) electrons. The third-order valence-electron chi connectivity index (χ3n) is 4.40. The van der Waals surface area contributed by atoms with Crippen LogP contribution >= 0.6 is 0 Å². The van der Waals surface area contributed by atoms with Crippen molar-refractivity contribution in [3.8, 4) is 5.75 Å². The van der Waals surface area contributed by atoms with Gasteiger partial charge in [0.2, 0.25) is 0 Å². The highest BCUT2D eigenvalue weighted by molar-refractivity contribution is 5.79. The molecule has 2 rings (SSSR count). The van der Waals surface area contributed by atoms with Crippen molar-refractivity contribution in [2.24, 2.45) is 12.0 Å². The largest absolute Gasteiger partial charge is 0.494 e. The quantitative estimate of drug-likeness (QED) is 0.611. The number of guanidine groups is 1. The van der Waals surface area contributed by atoms with Gasteiger partial charge in [-0.3, -0.25) is 4.68 Å². The Labute approximate surface area is 156 Å². The van der Waals surface area contributed by atoms with Gasteiger partial charge in [-0.05, 0) is 45.4 Å². The van der Waals surface area contributed by atoms with E-state index in [0.29, 0.717) is 13.2 Å². The zero-order chi connectivity index (χ0) is 19.1. The molecule has 26 heavy (non-hydrogen) atoms. The van der Waals surface area contributed by atoms with Gasteiger partial charge >= 0.3 is 0 Å². The van der Waals surface area contributed by atoms with Crippen LogP contribution in [0.4, 0.5) is 0 Å². The first-order valence-corrected chi connectivity index (χ1v) is 9.16. The molecule has 0 unspecified atom stereocenters. The molecule has 0 amide bonds. The molecule has 6 heteroatoms. The van der Waals surface area contributed by atoms with Crippen LogP contribution in [0.1, 0.15) is 36.4 Å². The fraction of sp³-hybridized carbons (Fsp3) is 0.500. The van der Waals surface area contributed by atoms with Crippen LogP contribution in [0.3, 0.4) is 0 Å². The van der Waals surface area contributed by atoms with Gasteiger partial charge in [-0.2, -0.15) is 5.10 Å². The fourth-order valence-electron chi connectivity index (χ4n) is 2.88. The van der Waals surface area contributed by atoms with Gasteiger partial charge < -0.3 is 15.0 Å². The summed E-state index contributed by atoms with van der Waals surface area (Å²) in [5.41, 5.74) is 4.61. The number of hydrogen-bond acceptors (Lipinski definition) is 3. The Morgan fingerprint density at radius 3 is 2.46 bits per heavy atom. The summed E-state index contributed by atoms with van der Waals surface area (Å²) in [6.07, 6.45) is 0. The van der Waals surface area contributed by atoms with Gasteiger partial charge in [-0.1, -0.05) is 12.1 Å². The molecule has 1 heterocycles. The highest BCUT2D eigenvalue weighted by Gasteiger charge is 2.11. The molecule has 0 aliphatic rings. The van der Waals surface area contributed by atoms with Crippen LogP contribution in [0.2, 0.25) is 0 Å². The maximum Gasteiger partial charge on any atom is 0.194 e. The van der Waals surface area contributed by atoms with Crippen molar-refractivity contribution in [2.75, 3.05) is 20.2 Å². The van der Waals surface area contributed by atoms with E-state index < -0.39 is 0 Å². The number of benzene rings is 1. The van der Waals surface area contributed by atoms with Gasteiger partial charge in [-0.15, -0.1) is 0 Å². The van der Waals surface area contributed by atoms with Gasteiger partial charge in [-0.25, -0.2) is 4.99 Å². The second kappa shape index (κ2) is 9.27. The minimum absolute atomic E-state index is 0.626. The number of rotatable bonds is 7. The molecular formula is C20H31N5O. The van der Waals surface area contributed by atoms with E-state index in [0.717, 1.165) is 36.2 Å². The average molecular weight is 358 g/mol. The van der Waals surface area contributed by atoms with Crippen LogP contribution in [0.15, 0.2) is 29.3 Å². The van der Waals surface area contributed by atoms with E-state index in [-0.39, 0.29) is 0 Å². The lowest BCUT2D eigenvalue weighted by atomic mass is 10.2. The Hall–Kier alpha value is -2.50. The number of aryl methyl sites for hydroxylation is 2. The number of nitrogens with one attached hydrogen (secondary N) is 1. The normalized spacial score (nSPS) is 11.5. The summed E-state index contributed by atoms with van der Waals surface area (Å²) in [5, 5.41) is 7.85. The summed E-state index contributed by atoms with van der Waals surface area (Å²) in [6, 6.07) is 8.22. The predicted molar refractivity (Wildman–Crippen MR) is 107 cm³/mol. The standard InChI is InChI=1S/C20H31N5O/c1-7-21-20(22-13-19-15(3)23-25(6)16(19)4)24(5)14-17-9-11-18(12-10-17)26-8-2/h9-12H,7-8,13-14H2,1-6H3,(H,21,22). The third-order valence-corrected chi connectivity index (χ3v) is 4.40. The number of ether oxygens (including phenoxy) is 1. The van der Waals surface area contributed by atoms with E-state index in [9.17, 15) is 0 Å². The van der Waals surface area contributed by atoms with E-state index in [1.807, 2.05) is 37.7 Å². The third kappa shape index (κ3) is 5.00. The second-order valence-corrected chi connectivity index (χ2v) is 6.38. The van der Waals surface area contributed by atoms with Crippen LogP contribution in [0.25, 0.3) is 0 Å². The van der Waals surface area contributed by atoms with Gasteiger partial charge in [0, 0.05) is 38.4 Å². The van der Waals surface area contributed by atoms with E-state index in [4.69, 9.17) is 9.73 Å². The van der Waals surface area contributed by atoms with E-state index in [1.165, 1.54) is 11.1 Å². The number of aromatic nitrogens is 2. The monoisotopic (exact) mass is 357 g/mol. The van der Waals surface area contributed by atoms with Gasteiger partial charge in [0.1, 0.15) is 5.75 Å². The zero-order valence-corrected chi connectivity index (χ0v) is 16.8. The molecule has 142 valence electrons. The Morgan fingerprint density at radius 1 is 1.23 bits per heavy atom. The van der Waals surface area contributed by atoms with Gasteiger partial charge in [0.25, 0.3) is 0 Å². The van der Waals surface area contributed by atoms with Crippen molar-refractivity contribution in [1.29, 1.82) is 0 Å². The molecule has 0 saturated heterocycles. The smallest absolute Gasteiger partial charge is 0.194 e. The van der Waals surface area contributed by atoms with Crippen molar-refractivity contribution >= 4 is 5.96 Å². The zero-order valence-electron chi connectivity index (χ0n) is 16.8. The maximum absolute atomic E-state index is 5.51. The predicted octanol–water partition coefficient (Wildman–Crippen LogP) is 3.03. The summed E-state index contributed by atoms with van der Waals surface area (Å²) < 4.78 is 7.42. The lowest BCUT2D eigenvalue weighted by Gasteiger charge is -2.22. The van der Waals surface area contributed by atoms with E-state index in [1.54, 1.807) is 0 Å². The van der Waals surface area contributed by atoms with E-state index >= 15 is 0 Å². The molecule has 1 aromatic carbocycles. The maximum atomic E-state index is 5.51. The first-order valence-electron chi connectivity index (χ1n) is 9.16. The van der Waals surface area contributed by atoms with E-state index in [2.05, 4.69) is 48.3 Å². The minimum atomic E-state index is 0.626. The molecule has 0 saturated carbocycles. The topological polar surface area (TPSA) is 54.7 Å². The number of hydrogen-bond donors (Lipinski definition) is 1. The lowest BCUT2D eigenvalue weighted by molar-refractivity contribution is 0.340. The Bertz CT molecular complexity index is 733. The molecule has 1 aromatic heterocycles. The minimum Gasteiger partial charge on any atom is -0.494 e. The van der Waals surface area contributed by atoms with Crippen LogP contribution in [0.5, 0.6) is 5.75 Å². The Balaban J connectivity index is 2.09. The van der Waals surface area contributed by atoms with Crippen molar-refractivity contribution in [2.45, 2.75) is 40.8 Å². The summed E-state index contributed by atoms with van der Waals surface area (Å²) >= 11 is 0. The molecule has 0 spiro atoms. The first-order chi connectivity index (χ1) is 12.5. The molecule has 0 bridgehead atoms. The highest BCUT2D eigenvalue weighted by Crippen LogP contribution is 2.15. The first kappa shape index (κ1) is 19.8. The molecule has 2 aromatic rings. The van der Waals surface area contributed by atoms with Gasteiger partial charge in [0.15, 0.2) is 5.96 Å². The van der Waals surface area contributed by atoms with Crippen molar-refractivity contribution in [1.82, 2.24) is 20.0 Å². The van der Waals surface area contributed by atoms with Crippen molar-refractivity contribution in [3.63, 3.8) is 0 Å². The summed E-state index contributed by atoms with van der Waals surface area (Å²) in [6.45, 7) is 11.1. The lowest BCUT2D eigenvalue weighted by Crippen LogP contribution is -2.38. The van der Waals surface area contributed by atoms with Crippen molar-refractivity contribution in [3.05, 3.63) is 46.8 Å². The van der Waals surface area contributed by atoms with Crippen LogP contribution in [-0.4, -0.2) is 40.8 Å². The van der Waals surface area contributed by atoms with Crippen LogP contribution in [0, 0.1) is 13.8 Å². The number of aliphatic imine (C=N–C) groups is 1. The summed E-state index contributed by atoms with van der Waals surface area (Å²) in [5.74, 6) is 1.80. The van der Waals surface area contributed by atoms with Crippen molar-refractivity contribution < 1.29 is 4.74 Å². The number of nitrogens with zero attached hydrogens (tertiary/aromatic N) is 4. The molecule has 6 nitrogen and oxygen atoms in total.